The minimum atomic E-state index is 0.668. The molecule has 0 saturated heterocycles. The van der Waals surface area contributed by atoms with E-state index in [-0.39, 0.29) is 0 Å². The summed E-state index contributed by atoms with van der Waals surface area (Å²) in [5.41, 5.74) is 11.0. The number of hydrogen-bond donors (Lipinski definition) is 2. The molecule has 4 nitrogen and oxygen atoms in total. The lowest BCUT2D eigenvalue weighted by Gasteiger charge is -2.01. The van der Waals surface area contributed by atoms with Crippen molar-refractivity contribution in [1.29, 1.82) is 0 Å². The zero-order valence-corrected chi connectivity index (χ0v) is 11.7. The van der Waals surface area contributed by atoms with Gasteiger partial charge in [-0.3, -0.25) is 5.10 Å². The topological polar surface area (TPSA) is 59.6 Å². The SMILES string of the molecule is Cc1c(-c2[nH]ncc2N)c2c(Br)cccc2n1C. The van der Waals surface area contributed by atoms with E-state index >= 15 is 0 Å². The van der Waals surface area contributed by atoms with Crippen molar-refractivity contribution in [3.8, 4) is 11.3 Å². The van der Waals surface area contributed by atoms with Gasteiger partial charge in [-0.1, -0.05) is 22.0 Å². The number of aryl methyl sites for hydroxylation is 1. The third kappa shape index (κ3) is 1.40. The molecule has 0 aliphatic carbocycles. The van der Waals surface area contributed by atoms with Crippen LogP contribution in [-0.2, 0) is 7.05 Å². The second kappa shape index (κ2) is 3.88. The number of anilines is 1. The van der Waals surface area contributed by atoms with E-state index in [4.69, 9.17) is 5.73 Å². The molecule has 0 aliphatic rings. The fourth-order valence-electron chi connectivity index (χ4n) is 2.37. The highest BCUT2D eigenvalue weighted by Crippen LogP contribution is 2.39. The highest BCUT2D eigenvalue weighted by atomic mass is 79.9. The molecule has 3 N–H and O–H groups in total. The van der Waals surface area contributed by atoms with E-state index in [1.165, 1.54) is 5.52 Å². The Morgan fingerprint density at radius 2 is 2.17 bits per heavy atom. The first-order valence-corrected chi connectivity index (χ1v) is 6.43. The van der Waals surface area contributed by atoms with Crippen LogP contribution in [0.1, 0.15) is 5.69 Å². The Hall–Kier alpha value is -1.75. The van der Waals surface area contributed by atoms with E-state index < -0.39 is 0 Å². The molecule has 0 atom stereocenters. The monoisotopic (exact) mass is 304 g/mol. The van der Waals surface area contributed by atoms with E-state index in [0.29, 0.717) is 5.69 Å². The van der Waals surface area contributed by atoms with Gasteiger partial charge in [-0.15, -0.1) is 0 Å². The molecule has 2 aromatic heterocycles. The Labute approximate surface area is 113 Å². The second-order valence-corrected chi connectivity index (χ2v) is 5.21. The maximum Gasteiger partial charge on any atom is 0.0904 e. The Morgan fingerprint density at radius 3 is 2.83 bits per heavy atom. The van der Waals surface area contributed by atoms with Crippen LogP contribution in [0.2, 0.25) is 0 Å². The third-order valence-electron chi connectivity index (χ3n) is 3.39. The van der Waals surface area contributed by atoms with Gasteiger partial charge in [0.25, 0.3) is 0 Å². The maximum atomic E-state index is 5.97. The molecule has 0 unspecified atom stereocenters. The van der Waals surface area contributed by atoms with E-state index in [1.807, 2.05) is 12.1 Å². The van der Waals surface area contributed by atoms with Gasteiger partial charge in [0.2, 0.25) is 0 Å². The highest BCUT2D eigenvalue weighted by molar-refractivity contribution is 9.10. The van der Waals surface area contributed by atoms with Crippen LogP contribution in [0.3, 0.4) is 0 Å². The molecular weight excluding hydrogens is 292 g/mol. The van der Waals surface area contributed by atoms with Crippen LogP contribution in [0.5, 0.6) is 0 Å². The van der Waals surface area contributed by atoms with Crippen LogP contribution in [0, 0.1) is 6.92 Å². The number of fused-ring (bicyclic) bond motifs is 1. The fourth-order valence-corrected chi connectivity index (χ4v) is 2.92. The van der Waals surface area contributed by atoms with Crippen molar-refractivity contribution in [1.82, 2.24) is 14.8 Å². The Balaban J connectivity index is 2.50. The molecular formula is C13H13BrN4. The van der Waals surface area contributed by atoms with Crippen molar-refractivity contribution in [2.75, 3.05) is 5.73 Å². The number of nitrogens with zero attached hydrogens (tertiary/aromatic N) is 2. The van der Waals surface area contributed by atoms with Crippen molar-refractivity contribution >= 4 is 32.5 Å². The maximum absolute atomic E-state index is 5.97. The predicted octanol–water partition coefficient (Wildman–Crippen LogP) is 3.22. The van der Waals surface area contributed by atoms with E-state index in [9.17, 15) is 0 Å². The molecule has 0 fully saturated rings. The zero-order chi connectivity index (χ0) is 12.9. The van der Waals surface area contributed by atoms with E-state index in [0.717, 1.165) is 26.8 Å². The molecule has 92 valence electrons. The normalized spacial score (nSPS) is 11.3. The Morgan fingerprint density at radius 1 is 1.39 bits per heavy atom. The first-order chi connectivity index (χ1) is 8.61. The molecule has 0 amide bonds. The first kappa shape index (κ1) is 11.3. The molecule has 3 rings (SSSR count). The van der Waals surface area contributed by atoms with Crippen LogP contribution in [0.4, 0.5) is 5.69 Å². The number of rotatable bonds is 1. The fraction of sp³-hybridized carbons (Fsp3) is 0.154. The van der Waals surface area contributed by atoms with Crippen molar-refractivity contribution in [3.05, 3.63) is 34.6 Å². The Kier molecular flexibility index (Phi) is 2.45. The van der Waals surface area contributed by atoms with Crippen molar-refractivity contribution in [3.63, 3.8) is 0 Å². The molecule has 0 radical (unpaired) electrons. The van der Waals surface area contributed by atoms with E-state index in [1.54, 1.807) is 6.20 Å². The molecule has 18 heavy (non-hydrogen) atoms. The summed E-state index contributed by atoms with van der Waals surface area (Å²) in [5.74, 6) is 0. The quantitative estimate of drug-likeness (QED) is 0.725. The highest BCUT2D eigenvalue weighted by Gasteiger charge is 2.18. The summed E-state index contributed by atoms with van der Waals surface area (Å²) in [6, 6.07) is 6.17. The van der Waals surface area contributed by atoms with Gasteiger partial charge in [0.15, 0.2) is 0 Å². The van der Waals surface area contributed by atoms with Crippen LogP contribution < -0.4 is 5.73 Å². The number of halogens is 1. The molecule has 0 bridgehead atoms. The summed E-state index contributed by atoms with van der Waals surface area (Å²) in [6.07, 6.45) is 1.64. The molecule has 1 aromatic carbocycles. The van der Waals surface area contributed by atoms with Gasteiger partial charge in [-0.25, -0.2) is 0 Å². The van der Waals surface area contributed by atoms with Gasteiger partial charge in [-0.2, -0.15) is 5.10 Å². The zero-order valence-electron chi connectivity index (χ0n) is 10.2. The van der Waals surface area contributed by atoms with Crippen LogP contribution >= 0.6 is 15.9 Å². The van der Waals surface area contributed by atoms with Crippen molar-refractivity contribution in [2.45, 2.75) is 6.92 Å². The first-order valence-electron chi connectivity index (χ1n) is 5.64. The summed E-state index contributed by atoms with van der Waals surface area (Å²) in [6.45, 7) is 2.09. The minimum Gasteiger partial charge on any atom is -0.396 e. The van der Waals surface area contributed by atoms with E-state index in [2.05, 4.69) is 50.7 Å². The largest absolute Gasteiger partial charge is 0.396 e. The van der Waals surface area contributed by atoms with Gasteiger partial charge in [0, 0.05) is 33.7 Å². The number of nitrogens with one attached hydrogen (secondary N) is 1. The summed E-state index contributed by atoms with van der Waals surface area (Å²) in [5, 5.41) is 8.16. The summed E-state index contributed by atoms with van der Waals surface area (Å²) < 4.78 is 3.23. The standard InChI is InChI=1S/C13H13BrN4/c1-7-11(13-9(15)6-16-17-13)12-8(14)4-3-5-10(12)18(7)2/h3-6H,15H2,1-2H3,(H,16,17). The molecule has 0 aliphatic heterocycles. The lowest BCUT2D eigenvalue weighted by atomic mass is 10.1. The smallest absolute Gasteiger partial charge is 0.0904 e. The van der Waals surface area contributed by atoms with Crippen LogP contribution in [0.25, 0.3) is 22.2 Å². The second-order valence-electron chi connectivity index (χ2n) is 4.35. The number of hydrogen-bond acceptors (Lipinski definition) is 2. The molecule has 0 spiro atoms. The van der Waals surface area contributed by atoms with Gasteiger partial charge in [-0.05, 0) is 19.1 Å². The van der Waals surface area contributed by atoms with Crippen LogP contribution in [-0.4, -0.2) is 14.8 Å². The average molecular weight is 305 g/mol. The van der Waals surface area contributed by atoms with Crippen LogP contribution in [0.15, 0.2) is 28.9 Å². The number of aromatic amines is 1. The van der Waals surface area contributed by atoms with Gasteiger partial charge < -0.3 is 10.3 Å². The summed E-state index contributed by atoms with van der Waals surface area (Å²) in [7, 11) is 2.06. The lowest BCUT2D eigenvalue weighted by Crippen LogP contribution is -1.92. The number of nitrogen functional groups attached to an aromatic ring is 1. The molecule has 3 aromatic rings. The molecule has 0 saturated carbocycles. The minimum absolute atomic E-state index is 0.668. The molecule has 5 heteroatoms. The third-order valence-corrected chi connectivity index (χ3v) is 4.05. The van der Waals surface area contributed by atoms with Gasteiger partial charge in [0.05, 0.1) is 17.6 Å². The van der Waals surface area contributed by atoms with Crippen molar-refractivity contribution < 1.29 is 0 Å². The van der Waals surface area contributed by atoms with Gasteiger partial charge >= 0.3 is 0 Å². The lowest BCUT2D eigenvalue weighted by molar-refractivity contribution is 0.918. The molecule has 2 heterocycles. The number of benzene rings is 1. The summed E-state index contributed by atoms with van der Waals surface area (Å²) in [4.78, 5) is 0. The van der Waals surface area contributed by atoms with Gasteiger partial charge in [0.1, 0.15) is 0 Å². The Bertz CT molecular complexity index is 739. The average Bonchev–Trinajstić information content (AvgIpc) is 2.86. The number of nitrogens with two attached hydrogens (primary N) is 1. The predicted molar refractivity (Wildman–Crippen MR) is 77.4 cm³/mol. The summed E-state index contributed by atoms with van der Waals surface area (Å²) >= 11 is 3.62. The van der Waals surface area contributed by atoms with Crippen molar-refractivity contribution in [2.24, 2.45) is 7.05 Å². The number of aromatic nitrogens is 3. The number of H-pyrrole nitrogens is 1.